The zero-order chi connectivity index (χ0) is 25.8. The summed E-state index contributed by atoms with van der Waals surface area (Å²) in [6, 6.07) is 15.7. The van der Waals surface area contributed by atoms with E-state index < -0.39 is 5.97 Å². The molecule has 0 aliphatic carbocycles. The van der Waals surface area contributed by atoms with Gasteiger partial charge in [-0.3, -0.25) is 9.69 Å². The lowest BCUT2D eigenvalue weighted by Gasteiger charge is -2.30. The Morgan fingerprint density at radius 1 is 1.11 bits per heavy atom. The van der Waals surface area contributed by atoms with Crippen molar-refractivity contribution in [3.05, 3.63) is 64.5 Å². The van der Waals surface area contributed by atoms with Gasteiger partial charge in [0.25, 0.3) is 0 Å². The molecule has 0 saturated carbocycles. The summed E-state index contributed by atoms with van der Waals surface area (Å²) in [6.45, 7) is 3.98. The van der Waals surface area contributed by atoms with Crippen molar-refractivity contribution in [3.8, 4) is 16.9 Å². The molecule has 1 amide bonds. The van der Waals surface area contributed by atoms with Crippen LogP contribution in [-0.2, 0) is 9.53 Å². The van der Waals surface area contributed by atoms with Gasteiger partial charge in [0.2, 0.25) is 5.91 Å². The average Bonchev–Trinajstić information content (AvgIpc) is 3.54. The maximum atomic E-state index is 13.0. The highest BCUT2D eigenvalue weighted by molar-refractivity contribution is 7.18. The fourth-order valence-corrected chi connectivity index (χ4v) is 6.72. The molecular weight excluding hydrogens is 506 g/mol. The molecule has 1 N–H and O–H groups in total. The van der Waals surface area contributed by atoms with Gasteiger partial charge in [0.1, 0.15) is 16.3 Å². The fourth-order valence-electron chi connectivity index (χ4n) is 4.61. The summed E-state index contributed by atoms with van der Waals surface area (Å²) in [4.78, 5) is 32.8. The second-order valence-electron chi connectivity index (χ2n) is 8.92. The van der Waals surface area contributed by atoms with Crippen molar-refractivity contribution in [3.63, 3.8) is 0 Å². The van der Waals surface area contributed by atoms with Crippen LogP contribution in [0.2, 0.25) is 0 Å². The first-order valence-corrected chi connectivity index (χ1v) is 14.1. The van der Waals surface area contributed by atoms with Crippen molar-refractivity contribution in [2.24, 2.45) is 0 Å². The second-order valence-corrected chi connectivity index (χ2v) is 10.9. The highest BCUT2D eigenvalue weighted by atomic mass is 32.1. The number of thiazole rings is 1. The summed E-state index contributed by atoms with van der Waals surface area (Å²) >= 11 is 3.11. The molecule has 192 valence electrons. The number of piperidine rings is 1. The largest absolute Gasteiger partial charge is 0.497 e. The van der Waals surface area contributed by atoms with Crippen molar-refractivity contribution in [2.75, 3.05) is 38.7 Å². The smallest absolute Gasteiger partial charge is 0.341 e. The maximum Gasteiger partial charge on any atom is 0.341 e. The topological polar surface area (TPSA) is 80.8 Å². The van der Waals surface area contributed by atoms with E-state index in [0.29, 0.717) is 16.5 Å². The minimum absolute atomic E-state index is 0.132. The summed E-state index contributed by atoms with van der Waals surface area (Å²) in [5, 5.41) is 6.56. The summed E-state index contributed by atoms with van der Waals surface area (Å²) in [6.07, 6.45) is 1.95. The van der Waals surface area contributed by atoms with Gasteiger partial charge in [0, 0.05) is 16.9 Å². The van der Waals surface area contributed by atoms with Crippen LogP contribution in [-0.4, -0.2) is 55.1 Å². The first kappa shape index (κ1) is 25.4. The number of methoxy groups -OCH3 is 1. The van der Waals surface area contributed by atoms with Crippen LogP contribution in [0.4, 0.5) is 5.00 Å². The minimum atomic E-state index is -0.443. The van der Waals surface area contributed by atoms with Gasteiger partial charge < -0.3 is 14.8 Å². The van der Waals surface area contributed by atoms with Crippen molar-refractivity contribution < 1.29 is 19.1 Å². The van der Waals surface area contributed by atoms with Crippen molar-refractivity contribution in [2.45, 2.75) is 25.7 Å². The van der Waals surface area contributed by atoms with Crippen LogP contribution in [0.3, 0.4) is 0 Å². The number of fused-ring (bicyclic) bond motifs is 1. The number of hydrogen-bond acceptors (Lipinski definition) is 8. The third kappa shape index (κ3) is 5.69. The third-order valence-corrected chi connectivity index (χ3v) is 8.63. The molecule has 1 fully saturated rings. The zero-order valence-electron chi connectivity index (χ0n) is 20.9. The monoisotopic (exact) mass is 535 g/mol. The van der Waals surface area contributed by atoms with Gasteiger partial charge >= 0.3 is 5.97 Å². The third-order valence-electron chi connectivity index (χ3n) is 6.54. The molecule has 37 heavy (non-hydrogen) atoms. The van der Waals surface area contributed by atoms with E-state index in [9.17, 15) is 9.59 Å². The Hall–Kier alpha value is -3.27. The van der Waals surface area contributed by atoms with Crippen LogP contribution in [0.5, 0.6) is 5.75 Å². The number of nitrogens with zero attached hydrogens (tertiary/aromatic N) is 2. The quantitative estimate of drug-likeness (QED) is 0.278. The number of hydrogen-bond donors (Lipinski definition) is 1. The Balaban J connectivity index is 1.23. The second kappa shape index (κ2) is 11.4. The molecule has 1 aliphatic rings. The van der Waals surface area contributed by atoms with E-state index in [4.69, 9.17) is 14.5 Å². The normalized spacial score (nSPS) is 14.5. The molecular formula is C28H29N3O4S2. The lowest BCUT2D eigenvalue weighted by Crippen LogP contribution is -2.38. The molecule has 0 spiro atoms. The number of likely N-dealkylation sites (tertiary alicyclic amines) is 1. The summed E-state index contributed by atoms with van der Waals surface area (Å²) < 4.78 is 11.8. The number of benzene rings is 2. The molecule has 9 heteroatoms. The van der Waals surface area contributed by atoms with Gasteiger partial charge in [-0.2, -0.15) is 0 Å². The summed E-state index contributed by atoms with van der Waals surface area (Å²) in [5.74, 6) is 0.585. The minimum Gasteiger partial charge on any atom is -0.497 e. The van der Waals surface area contributed by atoms with Crippen molar-refractivity contribution in [1.82, 2.24) is 9.88 Å². The standard InChI is InChI=1S/C28H29N3O4S2/c1-3-35-28(33)25-21(18-8-10-20(34-2)11-9-18)17-36-27(25)30-24(32)16-31-14-12-19(13-15-31)26-29-22-6-4-5-7-23(22)37-26/h4-11,17,19H,3,12-16H2,1-2H3,(H,30,32). The number of nitrogens with one attached hydrogen (secondary N) is 1. The Labute approximate surface area is 224 Å². The first-order chi connectivity index (χ1) is 18.1. The van der Waals surface area contributed by atoms with Gasteiger partial charge in [-0.1, -0.05) is 24.3 Å². The number of carbonyl (C=O) groups excluding carboxylic acids is 2. The number of thiophene rings is 1. The molecule has 0 atom stereocenters. The Kier molecular flexibility index (Phi) is 7.83. The van der Waals surface area contributed by atoms with Crippen LogP contribution in [0, 0.1) is 0 Å². The molecule has 2 aromatic heterocycles. The highest BCUT2D eigenvalue weighted by Crippen LogP contribution is 2.37. The lowest BCUT2D eigenvalue weighted by atomic mass is 9.97. The number of amides is 1. The van der Waals surface area contributed by atoms with Gasteiger partial charge in [0.15, 0.2) is 0 Å². The number of anilines is 1. The molecule has 0 bridgehead atoms. The number of carbonyl (C=O) groups is 2. The highest BCUT2D eigenvalue weighted by Gasteiger charge is 2.26. The SMILES string of the molecule is CCOC(=O)c1c(-c2ccc(OC)cc2)csc1NC(=O)CN1CCC(c2nc3ccccc3s2)CC1. The van der Waals surface area contributed by atoms with Gasteiger partial charge in [-0.25, -0.2) is 9.78 Å². The molecule has 4 aromatic rings. The van der Waals surface area contributed by atoms with Crippen LogP contribution in [0.25, 0.3) is 21.3 Å². The number of esters is 1. The Bertz CT molecular complexity index is 1360. The molecule has 3 heterocycles. The molecule has 0 unspecified atom stereocenters. The molecule has 2 aromatic carbocycles. The van der Waals surface area contributed by atoms with Crippen LogP contribution >= 0.6 is 22.7 Å². The van der Waals surface area contributed by atoms with Gasteiger partial charge in [-0.05, 0) is 62.7 Å². The molecule has 1 aliphatic heterocycles. The molecule has 5 rings (SSSR count). The Morgan fingerprint density at radius 2 is 1.86 bits per heavy atom. The van der Waals surface area contributed by atoms with E-state index in [1.165, 1.54) is 21.0 Å². The maximum absolute atomic E-state index is 13.0. The molecule has 1 saturated heterocycles. The van der Waals surface area contributed by atoms with Crippen LogP contribution in [0.15, 0.2) is 53.9 Å². The summed E-state index contributed by atoms with van der Waals surface area (Å²) in [5.41, 5.74) is 3.04. The summed E-state index contributed by atoms with van der Waals surface area (Å²) in [7, 11) is 1.61. The number of ether oxygens (including phenoxy) is 2. The lowest BCUT2D eigenvalue weighted by molar-refractivity contribution is -0.117. The molecule has 7 nitrogen and oxygen atoms in total. The van der Waals surface area contributed by atoms with E-state index in [-0.39, 0.29) is 19.1 Å². The number of rotatable bonds is 8. The van der Waals surface area contributed by atoms with E-state index in [0.717, 1.165) is 48.3 Å². The zero-order valence-corrected chi connectivity index (χ0v) is 22.5. The van der Waals surface area contributed by atoms with Gasteiger partial charge in [-0.15, -0.1) is 22.7 Å². The van der Waals surface area contributed by atoms with E-state index >= 15 is 0 Å². The predicted molar refractivity (Wildman–Crippen MR) is 149 cm³/mol. The number of aromatic nitrogens is 1. The van der Waals surface area contributed by atoms with E-state index in [1.54, 1.807) is 25.4 Å². The van der Waals surface area contributed by atoms with Crippen LogP contribution in [0.1, 0.15) is 41.0 Å². The van der Waals surface area contributed by atoms with Crippen molar-refractivity contribution in [1.29, 1.82) is 0 Å². The van der Waals surface area contributed by atoms with E-state index in [2.05, 4.69) is 22.3 Å². The fraction of sp³-hybridized carbons (Fsp3) is 0.321. The number of para-hydroxylation sites is 1. The Morgan fingerprint density at radius 3 is 2.57 bits per heavy atom. The first-order valence-electron chi connectivity index (χ1n) is 12.4. The van der Waals surface area contributed by atoms with Crippen molar-refractivity contribution >= 4 is 49.8 Å². The molecule has 0 radical (unpaired) electrons. The van der Waals surface area contributed by atoms with E-state index in [1.807, 2.05) is 41.8 Å². The predicted octanol–water partition coefficient (Wildman–Crippen LogP) is 6.03. The van der Waals surface area contributed by atoms with Gasteiger partial charge in [0.05, 0.1) is 35.5 Å². The van der Waals surface area contributed by atoms with Crippen LogP contribution < -0.4 is 10.1 Å². The average molecular weight is 536 g/mol.